The van der Waals surface area contributed by atoms with E-state index in [1.807, 2.05) is 55.4 Å². The molecular weight excluding hydrogens is 340 g/mol. The van der Waals surface area contributed by atoms with Crippen molar-refractivity contribution in [3.63, 3.8) is 0 Å². The molecule has 0 aliphatic carbocycles. The molecule has 2 atom stereocenters. The third-order valence-electron chi connectivity index (χ3n) is 5.20. The lowest BCUT2D eigenvalue weighted by atomic mass is 9.74. The summed E-state index contributed by atoms with van der Waals surface area (Å²) in [6, 6.07) is -0.284. The van der Waals surface area contributed by atoms with Crippen molar-refractivity contribution in [1.29, 1.82) is 0 Å². The van der Waals surface area contributed by atoms with E-state index in [2.05, 4.69) is 31.4 Å². The van der Waals surface area contributed by atoms with Crippen LogP contribution in [0.25, 0.3) is 0 Å². The summed E-state index contributed by atoms with van der Waals surface area (Å²) in [5.41, 5.74) is -2.23. The SMILES string of the molecule is CC(C)(C)NC(C)(C)C(=O)C(C)(C)CC[C@]1(C)NC(C(=O)C(C)(C)C)CO1. The molecule has 1 fully saturated rings. The van der Waals surface area contributed by atoms with E-state index >= 15 is 0 Å². The number of rotatable bonds is 7. The van der Waals surface area contributed by atoms with Crippen LogP contribution < -0.4 is 10.6 Å². The molecule has 1 heterocycles. The largest absolute Gasteiger partial charge is 0.359 e. The van der Waals surface area contributed by atoms with Crippen molar-refractivity contribution in [3.05, 3.63) is 0 Å². The van der Waals surface area contributed by atoms with Gasteiger partial charge in [0.05, 0.1) is 18.2 Å². The minimum Gasteiger partial charge on any atom is -0.359 e. The number of nitrogens with one attached hydrogen (secondary N) is 2. The van der Waals surface area contributed by atoms with E-state index < -0.39 is 22.1 Å². The van der Waals surface area contributed by atoms with Gasteiger partial charge < -0.3 is 10.1 Å². The molecule has 0 aromatic carbocycles. The van der Waals surface area contributed by atoms with E-state index in [-0.39, 0.29) is 23.1 Å². The maximum atomic E-state index is 13.2. The molecule has 0 saturated carbocycles. The van der Waals surface area contributed by atoms with Crippen LogP contribution in [-0.4, -0.2) is 41.0 Å². The second kappa shape index (κ2) is 7.57. The zero-order chi connectivity index (χ0) is 21.5. The minimum atomic E-state index is -0.614. The van der Waals surface area contributed by atoms with Crippen molar-refractivity contribution in [1.82, 2.24) is 10.6 Å². The highest BCUT2D eigenvalue weighted by Crippen LogP contribution is 2.34. The molecule has 1 unspecified atom stereocenters. The maximum absolute atomic E-state index is 13.2. The highest BCUT2D eigenvalue weighted by Gasteiger charge is 2.45. The average molecular weight is 383 g/mol. The van der Waals surface area contributed by atoms with Gasteiger partial charge in [-0.25, -0.2) is 0 Å². The molecule has 1 rings (SSSR count). The third-order valence-corrected chi connectivity index (χ3v) is 5.20. The maximum Gasteiger partial charge on any atom is 0.157 e. The molecule has 0 aromatic heterocycles. The Hall–Kier alpha value is -0.780. The number of ether oxygens (including phenoxy) is 1. The van der Waals surface area contributed by atoms with Crippen molar-refractivity contribution >= 4 is 11.6 Å². The van der Waals surface area contributed by atoms with Gasteiger partial charge in [0.15, 0.2) is 11.6 Å². The van der Waals surface area contributed by atoms with Crippen LogP contribution in [0.15, 0.2) is 0 Å². The van der Waals surface area contributed by atoms with Gasteiger partial charge in [-0.15, -0.1) is 0 Å². The molecule has 1 aliphatic rings. The van der Waals surface area contributed by atoms with Gasteiger partial charge in [0, 0.05) is 16.4 Å². The number of carbonyl (C=O) groups is 2. The van der Waals surface area contributed by atoms with E-state index in [0.29, 0.717) is 19.4 Å². The van der Waals surface area contributed by atoms with Gasteiger partial charge in [-0.1, -0.05) is 34.6 Å². The van der Waals surface area contributed by atoms with Crippen LogP contribution in [-0.2, 0) is 14.3 Å². The first-order chi connectivity index (χ1) is 11.8. The summed E-state index contributed by atoms with van der Waals surface area (Å²) < 4.78 is 5.95. The summed E-state index contributed by atoms with van der Waals surface area (Å²) in [5.74, 6) is 0.353. The van der Waals surface area contributed by atoms with Crippen LogP contribution >= 0.6 is 0 Å². The summed E-state index contributed by atoms with van der Waals surface area (Å²) in [6.07, 6.45) is 1.35. The van der Waals surface area contributed by atoms with Gasteiger partial charge >= 0.3 is 0 Å². The molecule has 2 N–H and O–H groups in total. The molecule has 0 radical (unpaired) electrons. The summed E-state index contributed by atoms with van der Waals surface area (Å²) >= 11 is 0. The predicted molar refractivity (Wildman–Crippen MR) is 111 cm³/mol. The van der Waals surface area contributed by atoms with Gasteiger partial charge in [0.2, 0.25) is 0 Å². The van der Waals surface area contributed by atoms with E-state index in [1.165, 1.54) is 0 Å². The molecule has 158 valence electrons. The lowest BCUT2D eigenvalue weighted by molar-refractivity contribution is -0.134. The Labute approximate surface area is 166 Å². The zero-order valence-corrected chi connectivity index (χ0v) is 19.4. The average Bonchev–Trinajstić information content (AvgIpc) is 2.83. The Morgan fingerprint density at radius 1 is 1.04 bits per heavy atom. The Balaban J connectivity index is 2.76. The summed E-state index contributed by atoms with van der Waals surface area (Å²) in [6.45, 7) is 22.3. The molecule has 1 aliphatic heterocycles. The Morgan fingerprint density at radius 3 is 2.00 bits per heavy atom. The second-order valence-electron chi connectivity index (χ2n) is 11.6. The quantitative estimate of drug-likeness (QED) is 0.700. The molecule has 5 heteroatoms. The van der Waals surface area contributed by atoms with Crippen molar-refractivity contribution in [2.45, 2.75) is 112 Å². The topological polar surface area (TPSA) is 67.4 Å². The standard InChI is InChI=1S/C22H42N2O3/c1-18(2,3)16(25)15-14-27-22(11,23-15)13-12-20(7,8)17(26)21(9,10)24-19(4,5)6/h15,23-24H,12-14H2,1-11H3/t15?,22-/m1/s1. The van der Waals surface area contributed by atoms with Gasteiger partial charge in [0.1, 0.15) is 5.72 Å². The van der Waals surface area contributed by atoms with Gasteiger partial charge in [-0.3, -0.25) is 14.9 Å². The predicted octanol–water partition coefficient (Wildman–Crippen LogP) is 3.85. The number of Topliss-reactive ketones (excluding diaryl/α,β-unsaturated/α-hetero) is 2. The first-order valence-corrected chi connectivity index (χ1v) is 10.1. The van der Waals surface area contributed by atoms with Crippen LogP contribution in [0.4, 0.5) is 0 Å². The number of hydrogen-bond donors (Lipinski definition) is 2. The van der Waals surface area contributed by atoms with Gasteiger partial charge in [-0.2, -0.15) is 0 Å². The summed E-state index contributed by atoms with van der Waals surface area (Å²) in [7, 11) is 0. The van der Waals surface area contributed by atoms with E-state index in [4.69, 9.17) is 4.74 Å². The van der Waals surface area contributed by atoms with Crippen molar-refractivity contribution in [3.8, 4) is 0 Å². The second-order valence-corrected chi connectivity index (χ2v) is 11.6. The first kappa shape index (κ1) is 24.3. The lowest BCUT2D eigenvalue weighted by Gasteiger charge is -2.39. The monoisotopic (exact) mass is 382 g/mol. The Bertz CT molecular complexity index is 567. The van der Waals surface area contributed by atoms with Crippen LogP contribution in [0.2, 0.25) is 0 Å². The smallest absolute Gasteiger partial charge is 0.157 e. The molecule has 1 saturated heterocycles. The van der Waals surface area contributed by atoms with E-state index in [0.717, 1.165) is 0 Å². The molecule has 0 bridgehead atoms. The number of carbonyl (C=O) groups excluding carboxylic acids is 2. The van der Waals surface area contributed by atoms with Crippen LogP contribution in [0.3, 0.4) is 0 Å². The fourth-order valence-electron chi connectivity index (χ4n) is 4.03. The van der Waals surface area contributed by atoms with Gasteiger partial charge in [0.25, 0.3) is 0 Å². The Kier molecular flexibility index (Phi) is 6.80. The number of ketones is 2. The van der Waals surface area contributed by atoms with Crippen LogP contribution in [0, 0.1) is 10.8 Å². The fourth-order valence-corrected chi connectivity index (χ4v) is 4.03. The molecular formula is C22H42N2O3. The molecule has 0 amide bonds. The normalized spacial score (nSPS) is 24.9. The summed E-state index contributed by atoms with van der Waals surface area (Å²) in [5, 5.41) is 6.80. The summed E-state index contributed by atoms with van der Waals surface area (Å²) in [4.78, 5) is 25.7. The Morgan fingerprint density at radius 2 is 1.56 bits per heavy atom. The molecule has 27 heavy (non-hydrogen) atoms. The lowest BCUT2D eigenvalue weighted by Crippen LogP contribution is -2.58. The first-order valence-electron chi connectivity index (χ1n) is 10.1. The fraction of sp³-hybridized carbons (Fsp3) is 0.909. The molecule has 0 spiro atoms. The number of hydrogen-bond acceptors (Lipinski definition) is 5. The highest BCUT2D eigenvalue weighted by atomic mass is 16.5. The van der Waals surface area contributed by atoms with Crippen LogP contribution in [0.5, 0.6) is 0 Å². The molecule has 5 nitrogen and oxygen atoms in total. The highest BCUT2D eigenvalue weighted by molar-refractivity contribution is 5.92. The van der Waals surface area contributed by atoms with Crippen molar-refractivity contribution in [2.75, 3.05) is 6.61 Å². The van der Waals surface area contributed by atoms with Gasteiger partial charge in [-0.05, 0) is 54.4 Å². The zero-order valence-electron chi connectivity index (χ0n) is 19.4. The third kappa shape index (κ3) is 6.65. The molecule has 0 aromatic rings. The van der Waals surface area contributed by atoms with E-state index in [9.17, 15) is 9.59 Å². The minimum absolute atomic E-state index is 0.141. The van der Waals surface area contributed by atoms with Crippen LogP contribution in [0.1, 0.15) is 89.0 Å². The van der Waals surface area contributed by atoms with Crippen molar-refractivity contribution in [2.24, 2.45) is 10.8 Å². The van der Waals surface area contributed by atoms with Crippen molar-refractivity contribution < 1.29 is 14.3 Å². The van der Waals surface area contributed by atoms with E-state index in [1.54, 1.807) is 0 Å².